The summed E-state index contributed by atoms with van der Waals surface area (Å²) in [6, 6.07) is 5.19. The van der Waals surface area contributed by atoms with Crippen molar-refractivity contribution >= 4 is 35.6 Å². The van der Waals surface area contributed by atoms with Crippen molar-refractivity contribution in [2.24, 2.45) is 11.7 Å². The molecule has 1 atom stereocenters. The van der Waals surface area contributed by atoms with Crippen LogP contribution in [0.1, 0.15) is 31.7 Å². The molecule has 1 saturated heterocycles. The van der Waals surface area contributed by atoms with E-state index in [9.17, 15) is 9.59 Å². The average molecular weight is 368 g/mol. The number of fused-ring (bicyclic) bond motifs is 1. The number of ether oxygens (including phenoxy) is 1. The first-order chi connectivity index (χ1) is 11.6. The van der Waals surface area contributed by atoms with Gasteiger partial charge in [0.05, 0.1) is 6.04 Å². The van der Waals surface area contributed by atoms with Gasteiger partial charge in [0.15, 0.2) is 0 Å². The summed E-state index contributed by atoms with van der Waals surface area (Å²) in [5.74, 6) is 0.0694. The molecule has 1 aromatic rings. The zero-order chi connectivity index (χ0) is 17.1. The van der Waals surface area contributed by atoms with Crippen LogP contribution >= 0.6 is 12.4 Å². The second-order valence-corrected chi connectivity index (χ2v) is 6.58. The van der Waals surface area contributed by atoms with E-state index in [2.05, 4.69) is 5.32 Å². The molecule has 2 amide bonds. The fourth-order valence-corrected chi connectivity index (χ4v) is 3.52. The summed E-state index contributed by atoms with van der Waals surface area (Å²) in [5, 5.41) is 2.92. The third-order valence-electron chi connectivity index (χ3n) is 4.92. The Bertz CT molecular complexity index is 632. The van der Waals surface area contributed by atoms with Crippen LogP contribution in [0.2, 0.25) is 0 Å². The molecule has 1 aromatic carbocycles. The van der Waals surface area contributed by atoms with Gasteiger partial charge >= 0.3 is 0 Å². The van der Waals surface area contributed by atoms with E-state index in [1.165, 1.54) is 0 Å². The van der Waals surface area contributed by atoms with Crippen LogP contribution in [0.4, 0.5) is 11.4 Å². The van der Waals surface area contributed by atoms with Crippen molar-refractivity contribution in [1.29, 1.82) is 0 Å². The maximum atomic E-state index is 12.4. The molecule has 3 rings (SSSR count). The molecule has 7 heteroatoms. The summed E-state index contributed by atoms with van der Waals surface area (Å²) in [6.45, 7) is 3.68. The molecular weight excluding hydrogens is 342 g/mol. The molecule has 1 fully saturated rings. The number of amides is 2. The molecular formula is C18H26ClN3O3. The molecule has 25 heavy (non-hydrogen) atoms. The molecule has 0 saturated carbocycles. The molecule has 2 heterocycles. The van der Waals surface area contributed by atoms with Crippen molar-refractivity contribution in [3.05, 3.63) is 23.8 Å². The number of nitrogens with one attached hydrogen (secondary N) is 1. The number of carbonyl (C=O) groups is 2. The Kier molecular flexibility index (Phi) is 6.81. The summed E-state index contributed by atoms with van der Waals surface area (Å²) < 4.78 is 5.32. The van der Waals surface area contributed by atoms with Crippen molar-refractivity contribution < 1.29 is 14.3 Å². The largest absolute Gasteiger partial charge is 0.381 e. The quantitative estimate of drug-likeness (QED) is 0.856. The van der Waals surface area contributed by atoms with Crippen LogP contribution in [0.3, 0.4) is 0 Å². The van der Waals surface area contributed by atoms with Gasteiger partial charge in [-0.3, -0.25) is 9.59 Å². The molecule has 0 spiro atoms. The van der Waals surface area contributed by atoms with Crippen LogP contribution in [0.25, 0.3) is 0 Å². The highest BCUT2D eigenvalue weighted by molar-refractivity contribution is 5.96. The fourth-order valence-electron chi connectivity index (χ4n) is 3.52. The van der Waals surface area contributed by atoms with Crippen LogP contribution < -0.4 is 16.0 Å². The van der Waals surface area contributed by atoms with E-state index in [-0.39, 0.29) is 30.1 Å². The van der Waals surface area contributed by atoms with Crippen molar-refractivity contribution in [3.8, 4) is 0 Å². The summed E-state index contributed by atoms with van der Waals surface area (Å²) in [7, 11) is 0. The fraction of sp³-hybridized carbons (Fsp3) is 0.556. The van der Waals surface area contributed by atoms with E-state index >= 15 is 0 Å². The Morgan fingerprint density at radius 1 is 1.32 bits per heavy atom. The number of anilines is 2. The first kappa shape index (κ1) is 19.7. The van der Waals surface area contributed by atoms with Gasteiger partial charge in [-0.05, 0) is 55.4 Å². The van der Waals surface area contributed by atoms with Crippen LogP contribution in [-0.4, -0.2) is 37.6 Å². The third-order valence-corrected chi connectivity index (χ3v) is 4.92. The van der Waals surface area contributed by atoms with Crippen molar-refractivity contribution in [2.45, 2.75) is 38.6 Å². The monoisotopic (exact) mass is 367 g/mol. The highest BCUT2D eigenvalue weighted by Crippen LogP contribution is 2.30. The van der Waals surface area contributed by atoms with Gasteiger partial charge < -0.3 is 20.7 Å². The molecule has 0 aliphatic carbocycles. The van der Waals surface area contributed by atoms with E-state index in [0.29, 0.717) is 13.2 Å². The van der Waals surface area contributed by atoms with Crippen molar-refractivity contribution in [3.63, 3.8) is 0 Å². The van der Waals surface area contributed by atoms with E-state index < -0.39 is 6.04 Å². The lowest BCUT2D eigenvalue weighted by Gasteiger charge is -2.29. The van der Waals surface area contributed by atoms with Gasteiger partial charge in [0.2, 0.25) is 11.8 Å². The predicted molar refractivity (Wildman–Crippen MR) is 100 cm³/mol. The zero-order valence-electron chi connectivity index (χ0n) is 14.5. The number of hydrogen-bond donors (Lipinski definition) is 2. The molecule has 0 aromatic heterocycles. The number of aryl methyl sites for hydroxylation is 1. The van der Waals surface area contributed by atoms with Gasteiger partial charge in [-0.15, -0.1) is 12.4 Å². The Labute approximate surface area is 154 Å². The van der Waals surface area contributed by atoms with Crippen LogP contribution in [-0.2, 0) is 20.7 Å². The number of rotatable bonds is 3. The number of hydrogen-bond acceptors (Lipinski definition) is 4. The van der Waals surface area contributed by atoms with Gasteiger partial charge in [0.1, 0.15) is 0 Å². The summed E-state index contributed by atoms with van der Waals surface area (Å²) in [6.07, 6.45) is 3.50. The van der Waals surface area contributed by atoms with Crippen LogP contribution in [0.5, 0.6) is 0 Å². The second kappa shape index (κ2) is 8.65. The minimum Gasteiger partial charge on any atom is -0.381 e. The lowest BCUT2D eigenvalue weighted by atomic mass is 9.92. The van der Waals surface area contributed by atoms with Crippen LogP contribution in [0.15, 0.2) is 18.2 Å². The number of nitrogens with two attached hydrogens (primary N) is 1. The zero-order valence-corrected chi connectivity index (χ0v) is 15.3. The lowest BCUT2D eigenvalue weighted by Crippen LogP contribution is -2.44. The molecule has 0 radical (unpaired) electrons. The first-order valence-electron chi connectivity index (χ1n) is 8.61. The molecule has 2 aliphatic rings. The van der Waals surface area contributed by atoms with Gasteiger partial charge in [-0.2, -0.15) is 0 Å². The van der Waals surface area contributed by atoms with Crippen molar-refractivity contribution in [1.82, 2.24) is 0 Å². The van der Waals surface area contributed by atoms with E-state index in [1.54, 1.807) is 11.8 Å². The molecule has 3 N–H and O–H groups in total. The first-order valence-corrected chi connectivity index (χ1v) is 8.61. The molecule has 1 unspecified atom stereocenters. The summed E-state index contributed by atoms with van der Waals surface area (Å²) >= 11 is 0. The second-order valence-electron chi connectivity index (χ2n) is 6.58. The maximum absolute atomic E-state index is 12.4. The smallest absolute Gasteiger partial charge is 0.241 e. The van der Waals surface area contributed by atoms with Gasteiger partial charge in [0, 0.05) is 38.1 Å². The van der Waals surface area contributed by atoms with E-state index in [4.69, 9.17) is 10.5 Å². The number of benzene rings is 1. The minimum atomic E-state index is -0.515. The normalized spacial score (nSPS) is 18.7. The SMILES string of the molecule is CC(=O)N1CCCc2cc(NC(=O)C(N)C3CCOCC3)ccc21.Cl. The number of halogens is 1. The Morgan fingerprint density at radius 2 is 2.04 bits per heavy atom. The number of nitrogens with zero attached hydrogens (tertiary/aromatic N) is 1. The number of carbonyl (C=O) groups excluding carboxylic acids is 2. The van der Waals surface area contributed by atoms with E-state index in [0.717, 1.165) is 49.2 Å². The highest BCUT2D eigenvalue weighted by Gasteiger charge is 2.27. The molecule has 2 aliphatic heterocycles. The lowest BCUT2D eigenvalue weighted by molar-refractivity contribution is -0.119. The molecule has 0 bridgehead atoms. The highest BCUT2D eigenvalue weighted by atomic mass is 35.5. The average Bonchev–Trinajstić information content (AvgIpc) is 2.61. The molecule has 6 nitrogen and oxygen atoms in total. The third kappa shape index (κ3) is 4.51. The van der Waals surface area contributed by atoms with Gasteiger partial charge in [-0.25, -0.2) is 0 Å². The summed E-state index contributed by atoms with van der Waals surface area (Å²) in [5.41, 5.74) is 8.90. The maximum Gasteiger partial charge on any atom is 0.241 e. The van der Waals surface area contributed by atoms with E-state index in [1.807, 2.05) is 18.2 Å². The minimum absolute atomic E-state index is 0. The Balaban J connectivity index is 0.00000225. The predicted octanol–water partition coefficient (Wildman–Crippen LogP) is 2.10. The van der Waals surface area contributed by atoms with Crippen LogP contribution in [0, 0.1) is 5.92 Å². The Morgan fingerprint density at radius 3 is 2.72 bits per heavy atom. The molecule has 138 valence electrons. The Hall–Kier alpha value is -1.63. The van der Waals surface area contributed by atoms with Gasteiger partial charge in [-0.1, -0.05) is 0 Å². The van der Waals surface area contributed by atoms with Gasteiger partial charge in [0.25, 0.3) is 0 Å². The van der Waals surface area contributed by atoms with Crippen molar-refractivity contribution in [2.75, 3.05) is 30.0 Å². The standard InChI is InChI=1S/C18H25N3O3.ClH/c1-12(22)21-8-2-3-14-11-15(4-5-16(14)21)20-18(23)17(19)13-6-9-24-10-7-13;/h4-5,11,13,17H,2-3,6-10,19H2,1H3,(H,20,23);1H. The topological polar surface area (TPSA) is 84.7 Å². The summed E-state index contributed by atoms with van der Waals surface area (Å²) in [4.78, 5) is 25.9.